The zero-order valence-corrected chi connectivity index (χ0v) is 19.1. The Labute approximate surface area is 196 Å². The van der Waals surface area contributed by atoms with Crippen molar-refractivity contribution in [1.82, 2.24) is 20.3 Å². The minimum Gasteiger partial charge on any atom is -0.339 e. The van der Waals surface area contributed by atoms with E-state index in [1.807, 2.05) is 24.3 Å². The van der Waals surface area contributed by atoms with Crippen LogP contribution in [0.1, 0.15) is 17.9 Å². The summed E-state index contributed by atoms with van der Waals surface area (Å²) in [4.78, 5) is 16.5. The van der Waals surface area contributed by atoms with Crippen molar-refractivity contribution in [3.63, 3.8) is 0 Å². The second kappa shape index (κ2) is 10.2. The van der Waals surface area contributed by atoms with Crippen molar-refractivity contribution in [2.75, 3.05) is 5.32 Å². The second-order valence-electron chi connectivity index (χ2n) is 6.32. The Morgan fingerprint density at radius 1 is 1.10 bits per heavy atom. The number of hydrogen-bond donors (Lipinski definition) is 1. The number of amides is 1. The third-order valence-electron chi connectivity index (χ3n) is 4.10. The van der Waals surface area contributed by atoms with Gasteiger partial charge in [-0.15, -0.1) is 10.2 Å². The standard InChI is InChI=1S/C20H15Cl2N5O2S2/c21-14-7-5-12(6-8-14)18-24-17(29-27-18)10-9-16(28)23-19-25-26-20(31-19)30-11-13-3-1-2-4-15(13)22/h1-8H,9-11H2,(H,23,25,28). The van der Waals surface area contributed by atoms with Gasteiger partial charge in [0.1, 0.15) is 0 Å². The van der Waals surface area contributed by atoms with Crippen LogP contribution >= 0.6 is 46.3 Å². The smallest absolute Gasteiger partial charge is 0.227 e. The molecule has 0 aliphatic carbocycles. The van der Waals surface area contributed by atoms with Crippen LogP contribution in [0.3, 0.4) is 0 Å². The van der Waals surface area contributed by atoms with Gasteiger partial charge in [0.25, 0.3) is 0 Å². The third-order valence-corrected chi connectivity index (χ3v) is 6.74. The highest BCUT2D eigenvalue weighted by Crippen LogP contribution is 2.30. The summed E-state index contributed by atoms with van der Waals surface area (Å²) >= 11 is 14.9. The molecule has 2 heterocycles. The molecule has 2 aromatic carbocycles. The first-order valence-electron chi connectivity index (χ1n) is 9.15. The average Bonchev–Trinajstić information content (AvgIpc) is 3.42. The van der Waals surface area contributed by atoms with Crippen molar-refractivity contribution < 1.29 is 9.32 Å². The van der Waals surface area contributed by atoms with Crippen molar-refractivity contribution in [1.29, 1.82) is 0 Å². The summed E-state index contributed by atoms with van der Waals surface area (Å²) in [5.41, 5.74) is 1.81. The predicted molar refractivity (Wildman–Crippen MR) is 123 cm³/mol. The fraction of sp³-hybridized carbons (Fsp3) is 0.150. The Bertz CT molecular complexity index is 1180. The number of nitrogens with one attached hydrogen (secondary N) is 1. The van der Waals surface area contributed by atoms with Gasteiger partial charge >= 0.3 is 0 Å². The molecule has 158 valence electrons. The molecular weight excluding hydrogens is 477 g/mol. The number of nitrogens with zero attached hydrogens (tertiary/aromatic N) is 4. The van der Waals surface area contributed by atoms with Gasteiger partial charge in [0, 0.05) is 34.2 Å². The van der Waals surface area contributed by atoms with E-state index in [1.165, 1.54) is 23.1 Å². The molecule has 0 aliphatic heterocycles. The van der Waals surface area contributed by atoms with E-state index in [-0.39, 0.29) is 12.3 Å². The van der Waals surface area contributed by atoms with Gasteiger partial charge in [0.15, 0.2) is 4.34 Å². The van der Waals surface area contributed by atoms with Gasteiger partial charge in [-0.3, -0.25) is 4.79 Å². The van der Waals surface area contributed by atoms with Crippen molar-refractivity contribution in [3.8, 4) is 11.4 Å². The second-order valence-corrected chi connectivity index (χ2v) is 9.36. The van der Waals surface area contributed by atoms with Gasteiger partial charge < -0.3 is 9.84 Å². The SMILES string of the molecule is O=C(CCc1nc(-c2ccc(Cl)cc2)no1)Nc1nnc(SCc2ccccc2Cl)s1. The quantitative estimate of drug-likeness (QED) is 0.247. The lowest BCUT2D eigenvalue weighted by Crippen LogP contribution is -2.12. The van der Waals surface area contributed by atoms with Crippen LogP contribution in [0.5, 0.6) is 0 Å². The van der Waals surface area contributed by atoms with Gasteiger partial charge in [-0.1, -0.05) is 69.7 Å². The largest absolute Gasteiger partial charge is 0.339 e. The van der Waals surface area contributed by atoms with Gasteiger partial charge in [-0.25, -0.2) is 0 Å². The summed E-state index contributed by atoms with van der Waals surface area (Å²) in [5, 5.41) is 16.6. The number of aromatic nitrogens is 4. The number of benzene rings is 2. The highest BCUT2D eigenvalue weighted by Gasteiger charge is 2.13. The fourth-order valence-electron chi connectivity index (χ4n) is 2.55. The highest BCUT2D eigenvalue weighted by molar-refractivity contribution is 8.00. The molecule has 4 aromatic rings. The van der Waals surface area contributed by atoms with E-state index in [0.717, 1.165) is 15.5 Å². The van der Waals surface area contributed by atoms with Crippen molar-refractivity contribution in [2.24, 2.45) is 0 Å². The first kappa shape index (κ1) is 21.8. The number of carbonyl (C=O) groups excluding carboxylic acids is 1. The lowest BCUT2D eigenvalue weighted by atomic mass is 10.2. The minimum atomic E-state index is -0.204. The van der Waals surface area contributed by atoms with Crippen LogP contribution in [-0.4, -0.2) is 26.2 Å². The van der Waals surface area contributed by atoms with Crippen LogP contribution < -0.4 is 5.32 Å². The first-order chi connectivity index (χ1) is 15.1. The van der Waals surface area contributed by atoms with Crippen LogP contribution in [0.25, 0.3) is 11.4 Å². The number of rotatable bonds is 8. The number of thioether (sulfide) groups is 1. The Morgan fingerprint density at radius 2 is 1.90 bits per heavy atom. The lowest BCUT2D eigenvalue weighted by Gasteiger charge is -2.00. The summed E-state index contributed by atoms with van der Waals surface area (Å²) in [6.45, 7) is 0. The van der Waals surface area contributed by atoms with E-state index in [0.29, 0.717) is 39.1 Å². The maximum Gasteiger partial charge on any atom is 0.227 e. The molecule has 0 bridgehead atoms. The predicted octanol–water partition coefficient (Wildman–Crippen LogP) is 5.76. The Hall–Kier alpha value is -2.46. The first-order valence-corrected chi connectivity index (χ1v) is 11.7. The molecule has 11 heteroatoms. The zero-order chi connectivity index (χ0) is 21.6. The molecule has 0 saturated carbocycles. The third kappa shape index (κ3) is 6.04. The van der Waals surface area contributed by atoms with E-state index < -0.39 is 0 Å². The molecule has 1 amide bonds. The van der Waals surface area contributed by atoms with E-state index in [1.54, 1.807) is 24.3 Å². The van der Waals surface area contributed by atoms with Gasteiger partial charge in [0.05, 0.1) is 0 Å². The molecule has 2 aromatic heterocycles. The molecule has 4 rings (SSSR count). The number of carbonyl (C=O) groups is 1. The Balaban J connectivity index is 1.26. The molecule has 1 N–H and O–H groups in total. The van der Waals surface area contributed by atoms with Crippen LogP contribution in [0.2, 0.25) is 10.0 Å². The average molecular weight is 492 g/mol. The number of halogens is 2. The summed E-state index contributed by atoms with van der Waals surface area (Å²) in [7, 11) is 0. The van der Waals surface area contributed by atoms with E-state index in [2.05, 4.69) is 25.7 Å². The molecule has 0 spiro atoms. The van der Waals surface area contributed by atoms with Crippen molar-refractivity contribution in [2.45, 2.75) is 22.9 Å². The van der Waals surface area contributed by atoms with Crippen molar-refractivity contribution in [3.05, 3.63) is 70.0 Å². The summed E-state index contributed by atoms with van der Waals surface area (Å²) in [5.74, 6) is 1.31. The van der Waals surface area contributed by atoms with Gasteiger partial charge in [0.2, 0.25) is 22.8 Å². The molecule has 0 atom stereocenters. The molecular formula is C20H15Cl2N5O2S2. The molecule has 0 unspecified atom stereocenters. The fourth-order valence-corrected chi connectivity index (χ4v) is 4.73. The van der Waals surface area contributed by atoms with Gasteiger partial charge in [-0.05, 0) is 35.9 Å². The van der Waals surface area contributed by atoms with Crippen LogP contribution in [0.15, 0.2) is 57.4 Å². The topological polar surface area (TPSA) is 93.8 Å². The Morgan fingerprint density at radius 3 is 2.71 bits per heavy atom. The maximum absolute atomic E-state index is 12.2. The van der Waals surface area contributed by atoms with Gasteiger partial charge in [-0.2, -0.15) is 4.98 Å². The molecule has 7 nitrogen and oxygen atoms in total. The normalized spacial score (nSPS) is 10.9. The van der Waals surface area contributed by atoms with Crippen molar-refractivity contribution >= 4 is 57.3 Å². The number of hydrogen-bond acceptors (Lipinski definition) is 8. The summed E-state index contributed by atoms with van der Waals surface area (Å²) in [6, 6.07) is 14.8. The molecule has 0 radical (unpaired) electrons. The Kier molecular flexibility index (Phi) is 7.18. The van der Waals surface area contributed by atoms with Crippen LogP contribution in [0, 0.1) is 0 Å². The zero-order valence-electron chi connectivity index (χ0n) is 15.9. The van der Waals surface area contributed by atoms with E-state index in [9.17, 15) is 4.79 Å². The van der Waals surface area contributed by atoms with E-state index in [4.69, 9.17) is 27.7 Å². The van der Waals surface area contributed by atoms with Crippen LogP contribution in [-0.2, 0) is 17.0 Å². The maximum atomic E-state index is 12.2. The highest BCUT2D eigenvalue weighted by atomic mass is 35.5. The summed E-state index contributed by atoms with van der Waals surface area (Å²) in [6.07, 6.45) is 0.503. The lowest BCUT2D eigenvalue weighted by molar-refractivity contribution is -0.116. The number of aryl methyl sites for hydroxylation is 1. The molecule has 31 heavy (non-hydrogen) atoms. The molecule has 0 saturated heterocycles. The van der Waals surface area contributed by atoms with Crippen LogP contribution in [0.4, 0.5) is 5.13 Å². The van der Waals surface area contributed by atoms with E-state index >= 15 is 0 Å². The number of anilines is 1. The minimum absolute atomic E-state index is 0.184. The molecule has 0 fully saturated rings. The summed E-state index contributed by atoms with van der Waals surface area (Å²) < 4.78 is 5.97. The molecule has 0 aliphatic rings. The monoisotopic (exact) mass is 491 g/mol.